The molecule has 0 unspecified atom stereocenters. The summed E-state index contributed by atoms with van der Waals surface area (Å²) >= 11 is 1.92. The van der Waals surface area contributed by atoms with E-state index >= 15 is 0 Å². The fourth-order valence-electron chi connectivity index (χ4n) is 2.47. The van der Waals surface area contributed by atoms with E-state index in [0.717, 1.165) is 11.1 Å². The molecule has 2 heterocycles. The van der Waals surface area contributed by atoms with Crippen molar-refractivity contribution in [2.75, 3.05) is 0 Å². The Morgan fingerprint density at radius 3 is 2.94 bits per heavy atom. The molecule has 2 aromatic rings. The Morgan fingerprint density at radius 2 is 2.24 bits per heavy atom. The van der Waals surface area contributed by atoms with Crippen molar-refractivity contribution >= 4 is 33.5 Å². The van der Waals surface area contributed by atoms with Crippen molar-refractivity contribution in [3.63, 3.8) is 0 Å². The Morgan fingerprint density at radius 1 is 1.47 bits per heavy atom. The number of halogens is 2. The smallest absolute Gasteiger partial charge is 0.203 e. The van der Waals surface area contributed by atoms with Crippen LogP contribution in [0.3, 0.4) is 0 Å². The average Bonchev–Trinajstić information content (AvgIpc) is 2.70. The van der Waals surface area contributed by atoms with Gasteiger partial charge < -0.3 is 9.67 Å². The van der Waals surface area contributed by atoms with Crippen LogP contribution in [0.1, 0.15) is 11.3 Å². The summed E-state index contributed by atoms with van der Waals surface area (Å²) in [4.78, 5) is 12.1. The van der Waals surface area contributed by atoms with Crippen molar-refractivity contribution < 1.29 is 9.50 Å². The summed E-state index contributed by atoms with van der Waals surface area (Å²) in [6, 6.07) is 2.76. The lowest BCUT2D eigenvalue weighted by molar-refractivity contribution is 0.270. The third kappa shape index (κ3) is 1.45. The Kier molecular flexibility index (Phi) is 2.48. The first-order valence-electron chi connectivity index (χ1n) is 5.27. The van der Waals surface area contributed by atoms with E-state index < -0.39 is 0 Å². The molecule has 0 spiro atoms. The first-order valence-corrected chi connectivity index (χ1v) is 6.35. The van der Waals surface area contributed by atoms with Crippen LogP contribution in [0.4, 0.5) is 4.39 Å². The Bertz CT molecular complexity index is 693. The number of pyridine rings is 1. The molecule has 1 aliphatic rings. The van der Waals surface area contributed by atoms with Crippen molar-refractivity contribution in [3.05, 3.63) is 43.0 Å². The minimum absolute atomic E-state index is 0.166. The molecule has 5 heteroatoms. The summed E-state index contributed by atoms with van der Waals surface area (Å²) in [5, 5.41) is 9.77. The molecule has 88 valence electrons. The number of rotatable bonds is 1. The minimum atomic E-state index is -0.370. The lowest BCUT2D eigenvalue weighted by Crippen LogP contribution is -2.17. The van der Waals surface area contributed by atoms with Crippen LogP contribution < -0.4 is 5.43 Å². The molecule has 1 aliphatic heterocycles. The summed E-state index contributed by atoms with van der Waals surface area (Å²) in [5.74, 6) is -0.370. The van der Waals surface area contributed by atoms with E-state index in [-0.39, 0.29) is 17.9 Å². The molecule has 0 fully saturated rings. The molecular weight excluding hydrogens is 336 g/mol. The summed E-state index contributed by atoms with van der Waals surface area (Å²) in [5.41, 5.74) is 2.07. The first kappa shape index (κ1) is 11.2. The zero-order chi connectivity index (χ0) is 12.2. The lowest BCUT2D eigenvalue weighted by Gasteiger charge is -2.12. The highest BCUT2D eigenvalue weighted by atomic mass is 127. The zero-order valence-corrected chi connectivity index (χ0v) is 11.0. The van der Waals surface area contributed by atoms with E-state index in [0.29, 0.717) is 27.6 Å². The van der Waals surface area contributed by atoms with Gasteiger partial charge in [0, 0.05) is 11.9 Å². The summed E-state index contributed by atoms with van der Waals surface area (Å²) in [6.07, 6.45) is 0.709. The van der Waals surface area contributed by atoms with Gasteiger partial charge in [-0.05, 0) is 46.7 Å². The Balaban J connectivity index is 2.59. The van der Waals surface area contributed by atoms with Gasteiger partial charge >= 0.3 is 0 Å². The number of aliphatic hydroxyl groups excluding tert-OH is 1. The number of aliphatic hydroxyl groups is 1. The number of benzene rings is 1. The van der Waals surface area contributed by atoms with Gasteiger partial charge in [0.2, 0.25) is 5.43 Å². The van der Waals surface area contributed by atoms with Crippen LogP contribution in [0.2, 0.25) is 0 Å². The molecule has 0 aliphatic carbocycles. The van der Waals surface area contributed by atoms with Crippen molar-refractivity contribution in [3.8, 4) is 0 Å². The maximum absolute atomic E-state index is 13.4. The number of nitrogens with zero attached hydrogens (tertiary/aromatic N) is 1. The molecule has 1 aromatic heterocycles. The zero-order valence-electron chi connectivity index (χ0n) is 8.83. The van der Waals surface area contributed by atoms with E-state index in [4.69, 9.17) is 0 Å². The lowest BCUT2D eigenvalue weighted by atomic mass is 10.1. The molecular formula is C12H9FINO2. The van der Waals surface area contributed by atoms with Gasteiger partial charge in [-0.25, -0.2) is 4.39 Å². The molecule has 1 N–H and O–H groups in total. The van der Waals surface area contributed by atoms with Crippen molar-refractivity contribution in [2.45, 2.75) is 19.6 Å². The van der Waals surface area contributed by atoms with Crippen LogP contribution >= 0.6 is 22.6 Å². The largest absolute Gasteiger partial charge is 0.390 e. The molecule has 0 radical (unpaired) electrons. The second-order valence-electron chi connectivity index (χ2n) is 4.11. The number of hydrogen-bond acceptors (Lipinski definition) is 2. The van der Waals surface area contributed by atoms with E-state index in [1.54, 1.807) is 0 Å². The number of aryl methyl sites for hydroxylation is 2. The average molecular weight is 345 g/mol. The van der Waals surface area contributed by atoms with Gasteiger partial charge in [0.05, 0.1) is 21.4 Å². The van der Waals surface area contributed by atoms with Crippen LogP contribution in [0.5, 0.6) is 0 Å². The fourth-order valence-corrected chi connectivity index (χ4v) is 3.23. The normalized spacial score (nSPS) is 13.6. The van der Waals surface area contributed by atoms with E-state index in [9.17, 15) is 14.3 Å². The van der Waals surface area contributed by atoms with Gasteiger partial charge in [-0.1, -0.05) is 0 Å². The Labute approximate surface area is 110 Å². The topological polar surface area (TPSA) is 42.2 Å². The van der Waals surface area contributed by atoms with Gasteiger partial charge in [0.25, 0.3) is 0 Å². The highest BCUT2D eigenvalue weighted by Crippen LogP contribution is 2.28. The van der Waals surface area contributed by atoms with Crippen LogP contribution in [0, 0.1) is 9.39 Å². The SMILES string of the molecule is O=c1c(I)c(CO)n2c3c(cc(F)cc13)CC2. The standard InChI is InChI=1S/C12H9FINO2/c13-7-3-6-1-2-15-9(5-16)10(14)12(17)8(4-7)11(6)15/h3-4,16H,1-2,5H2. The van der Waals surface area contributed by atoms with E-state index in [2.05, 4.69) is 0 Å². The molecule has 17 heavy (non-hydrogen) atoms. The van der Waals surface area contributed by atoms with Crippen LogP contribution in [0.15, 0.2) is 16.9 Å². The minimum Gasteiger partial charge on any atom is -0.390 e. The van der Waals surface area contributed by atoms with Gasteiger partial charge in [-0.15, -0.1) is 0 Å². The van der Waals surface area contributed by atoms with Crippen LogP contribution in [0.25, 0.3) is 10.9 Å². The molecule has 3 nitrogen and oxygen atoms in total. The second-order valence-corrected chi connectivity index (χ2v) is 5.19. The predicted molar refractivity (Wildman–Crippen MR) is 70.5 cm³/mol. The maximum Gasteiger partial charge on any atom is 0.203 e. The quantitative estimate of drug-likeness (QED) is 0.801. The first-order chi connectivity index (χ1) is 8.13. The molecule has 0 saturated carbocycles. The fraction of sp³-hybridized carbons (Fsp3) is 0.250. The third-order valence-electron chi connectivity index (χ3n) is 3.20. The molecule has 1 aromatic carbocycles. The molecule has 0 bridgehead atoms. The van der Waals surface area contributed by atoms with Crippen LogP contribution in [-0.2, 0) is 19.6 Å². The van der Waals surface area contributed by atoms with Gasteiger partial charge in [0.15, 0.2) is 0 Å². The molecule has 0 amide bonds. The van der Waals surface area contributed by atoms with Gasteiger partial charge in [-0.2, -0.15) is 0 Å². The predicted octanol–water partition coefficient (Wildman–Crippen LogP) is 1.79. The monoisotopic (exact) mass is 345 g/mol. The molecule has 0 saturated heterocycles. The highest BCUT2D eigenvalue weighted by Gasteiger charge is 2.22. The van der Waals surface area contributed by atoms with Gasteiger partial charge in [0.1, 0.15) is 5.82 Å². The van der Waals surface area contributed by atoms with E-state index in [1.165, 1.54) is 12.1 Å². The number of aromatic nitrogens is 1. The summed E-state index contributed by atoms with van der Waals surface area (Å²) in [6.45, 7) is 0.529. The Hall–Kier alpha value is -0.950. The highest BCUT2D eigenvalue weighted by molar-refractivity contribution is 14.1. The van der Waals surface area contributed by atoms with Crippen LogP contribution in [-0.4, -0.2) is 9.67 Å². The van der Waals surface area contributed by atoms with Gasteiger partial charge in [-0.3, -0.25) is 4.79 Å². The van der Waals surface area contributed by atoms with Crippen molar-refractivity contribution in [2.24, 2.45) is 0 Å². The maximum atomic E-state index is 13.4. The second kappa shape index (κ2) is 3.78. The summed E-state index contributed by atoms with van der Waals surface area (Å²) in [7, 11) is 0. The number of hydrogen-bond donors (Lipinski definition) is 1. The van der Waals surface area contributed by atoms with Crippen molar-refractivity contribution in [1.82, 2.24) is 4.57 Å². The van der Waals surface area contributed by atoms with Crippen molar-refractivity contribution in [1.29, 1.82) is 0 Å². The third-order valence-corrected chi connectivity index (χ3v) is 4.31. The molecule has 0 atom stereocenters. The summed E-state index contributed by atoms with van der Waals surface area (Å²) < 4.78 is 15.8. The molecule has 3 rings (SSSR count). The van der Waals surface area contributed by atoms with E-state index in [1.807, 2.05) is 27.2 Å².